The molecule has 0 saturated carbocycles. The molecule has 0 radical (unpaired) electrons. The topological polar surface area (TPSA) is 17.8 Å². The van der Waals surface area contributed by atoms with Crippen molar-refractivity contribution >= 4 is 34.2 Å². The van der Waals surface area contributed by atoms with Gasteiger partial charge < -0.3 is 0 Å². The third-order valence-electron chi connectivity index (χ3n) is 3.30. The Kier molecular flexibility index (Phi) is 3.59. The average Bonchev–Trinajstić information content (AvgIpc) is 2.77. The Morgan fingerprint density at radius 3 is 2.62 bits per heavy atom. The van der Waals surface area contributed by atoms with Gasteiger partial charge in [0.05, 0.1) is 27.6 Å². The number of fused-ring (bicyclic) bond motifs is 1. The van der Waals surface area contributed by atoms with Gasteiger partial charge in [-0.05, 0) is 24.6 Å². The quantitative estimate of drug-likeness (QED) is 0.605. The molecule has 3 aromatic rings. The minimum atomic E-state index is -0.569. The van der Waals surface area contributed by atoms with Crippen molar-refractivity contribution in [3.63, 3.8) is 0 Å². The Labute approximate surface area is 129 Å². The number of aryl methyl sites for hydroxylation is 1. The highest BCUT2D eigenvalue weighted by molar-refractivity contribution is 6.31. The van der Waals surface area contributed by atoms with Crippen LogP contribution in [0.4, 0.5) is 8.78 Å². The minimum absolute atomic E-state index is 0.0428. The summed E-state index contributed by atoms with van der Waals surface area (Å²) in [4.78, 5) is 4.26. The van der Waals surface area contributed by atoms with Crippen LogP contribution in [-0.2, 0) is 5.88 Å². The maximum atomic E-state index is 14.2. The molecule has 0 atom stereocenters. The Hall–Kier alpha value is -1.65. The summed E-state index contributed by atoms with van der Waals surface area (Å²) in [5, 5.41) is -0.0428. The van der Waals surface area contributed by atoms with Crippen LogP contribution in [0.5, 0.6) is 0 Å². The van der Waals surface area contributed by atoms with E-state index < -0.39 is 11.6 Å². The number of halogens is 4. The highest BCUT2D eigenvalue weighted by Gasteiger charge is 2.18. The zero-order valence-corrected chi connectivity index (χ0v) is 12.5. The maximum Gasteiger partial charge on any atom is 0.147 e. The summed E-state index contributed by atoms with van der Waals surface area (Å²) in [6.07, 6.45) is 0. The summed E-state index contributed by atoms with van der Waals surface area (Å²) in [7, 11) is 0. The van der Waals surface area contributed by atoms with Gasteiger partial charge in [-0.2, -0.15) is 0 Å². The number of imidazole rings is 1. The van der Waals surface area contributed by atoms with Gasteiger partial charge in [0.15, 0.2) is 0 Å². The fourth-order valence-corrected chi connectivity index (χ4v) is 2.71. The molecule has 0 aliphatic rings. The smallest absolute Gasteiger partial charge is 0.147 e. The van der Waals surface area contributed by atoms with Crippen LogP contribution in [0.2, 0.25) is 5.02 Å². The maximum absolute atomic E-state index is 14.2. The van der Waals surface area contributed by atoms with Crippen molar-refractivity contribution in [2.24, 2.45) is 0 Å². The molecule has 2 nitrogen and oxygen atoms in total. The molecule has 0 aliphatic carbocycles. The standard InChI is InChI=1S/C15H10Cl2F2N2/c1-8-3-2-4-10(18)15(8)21-13-5-9(17)11(19)6-12(13)20-14(21)7-16/h2-6H,7H2,1H3. The second-order valence-electron chi connectivity index (χ2n) is 4.66. The predicted octanol–water partition coefficient (Wildman–Crippen LogP) is 5.00. The first-order valence-corrected chi connectivity index (χ1v) is 7.12. The monoisotopic (exact) mass is 326 g/mol. The molecule has 1 heterocycles. The molecule has 0 amide bonds. The minimum Gasteiger partial charge on any atom is -0.292 e. The van der Waals surface area contributed by atoms with E-state index in [1.165, 1.54) is 18.2 Å². The molecular weight excluding hydrogens is 317 g/mol. The molecule has 0 spiro atoms. The van der Waals surface area contributed by atoms with Gasteiger partial charge >= 0.3 is 0 Å². The van der Waals surface area contributed by atoms with Gasteiger partial charge in [0.2, 0.25) is 0 Å². The normalized spacial score (nSPS) is 11.3. The van der Waals surface area contributed by atoms with Gasteiger partial charge in [0.1, 0.15) is 17.5 Å². The lowest BCUT2D eigenvalue weighted by molar-refractivity contribution is 0.616. The van der Waals surface area contributed by atoms with E-state index in [4.69, 9.17) is 23.2 Å². The van der Waals surface area contributed by atoms with Gasteiger partial charge in [-0.25, -0.2) is 13.8 Å². The van der Waals surface area contributed by atoms with Crippen molar-refractivity contribution in [1.82, 2.24) is 9.55 Å². The van der Waals surface area contributed by atoms with E-state index in [1.807, 2.05) is 0 Å². The number of aromatic nitrogens is 2. The number of benzene rings is 2. The van der Waals surface area contributed by atoms with E-state index in [2.05, 4.69) is 4.98 Å². The van der Waals surface area contributed by atoms with Crippen molar-refractivity contribution in [3.05, 3.63) is 58.4 Å². The molecule has 0 N–H and O–H groups in total. The zero-order chi connectivity index (χ0) is 15.1. The molecule has 2 aromatic carbocycles. The molecule has 0 aliphatic heterocycles. The summed E-state index contributed by atoms with van der Waals surface area (Å²) in [5.74, 6) is -0.468. The molecule has 0 fully saturated rings. The lowest BCUT2D eigenvalue weighted by Crippen LogP contribution is -2.04. The summed E-state index contributed by atoms with van der Waals surface area (Å²) >= 11 is 11.7. The fourth-order valence-electron chi connectivity index (χ4n) is 2.37. The van der Waals surface area contributed by atoms with E-state index in [9.17, 15) is 8.78 Å². The molecule has 1 aromatic heterocycles. The molecular formula is C15H10Cl2F2N2. The Bertz CT molecular complexity index is 823. The first-order chi connectivity index (χ1) is 10.0. The number of nitrogens with zero attached hydrogens (tertiary/aromatic N) is 2. The zero-order valence-electron chi connectivity index (χ0n) is 11.0. The van der Waals surface area contributed by atoms with E-state index in [0.29, 0.717) is 22.5 Å². The molecule has 6 heteroatoms. The van der Waals surface area contributed by atoms with Crippen LogP contribution in [0, 0.1) is 18.6 Å². The van der Waals surface area contributed by atoms with Crippen molar-refractivity contribution in [1.29, 1.82) is 0 Å². The van der Waals surface area contributed by atoms with E-state index in [1.54, 1.807) is 23.6 Å². The molecule has 108 valence electrons. The summed E-state index contributed by atoms with van der Waals surface area (Å²) in [5.41, 5.74) is 1.97. The summed E-state index contributed by atoms with van der Waals surface area (Å²) in [6, 6.07) is 7.42. The average molecular weight is 327 g/mol. The van der Waals surface area contributed by atoms with E-state index in [-0.39, 0.29) is 10.9 Å². The van der Waals surface area contributed by atoms with Gasteiger partial charge in [-0.1, -0.05) is 23.7 Å². The van der Waals surface area contributed by atoms with E-state index >= 15 is 0 Å². The van der Waals surface area contributed by atoms with Gasteiger partial charge in [0, 0.05) is 6.07 Å². The van der Waals surface area contributed by atoms with Gasteiger partial charge in [-0.3, -0.25) is 4.57 Å². The Morgan fingerprint density at radius 2 is 1.95 bits per heavy atom. The molecule has 0 saturated heterocycles. The summed E-state index contributed by atoms with van der Waals surface area (Å²) in [6.45, 7) is 1.79. The first-order valence-electron chi connectivity index (χ1n) is 6.20. The lowest BCUT2D eigenvalue weighted by Gasteiger charge is -2.12. The predicted molar refractivity (Wildman–Crippen MR) is 80.3 cm³/mol. The molecule has 0 unspecified atom stereocenters. The van der Waals surface area contributed by atoms with Crippen LogP contribution in [0.1, 0.15) is 11.4 Å². The van der Waals surface area contributed by atoms with Gasteiger partial charge in [0.25, 0.3) is 0 Å². The van der Waals surface area contributed by atoms with Crippen LogP contribution in [0.25, 0.3) is 16.7 Å². The SMILES string of the molecule is Cc1cccc(F)c1-n1c(CCl)nc2cc(F)c(Cl)cc21. The largest absolute Gasteiger partial charge is 0.292 e. The van der Waals surface area contributed by atoms with Crippen LogP contribution in [0.3, 0.4) is 0 Å². The van der Waals surface area contributed by atoms with Crippen molar-refractivity contribution < 1.29 is 8.78 Å². The highest BCUT2D eigenvalue weighted by Crippen LogP contribution is 2.29. The lowest BCUT2D eigenvalue weighted by atomic mass is 10.2. The Balaban J connectivity index is 2.43. The molecule has 0 bridgehead atoms. The Morgan fingerprint density at radius 1 is 1.19 bits per heavy atom. The highest BCUT2D eigenvalue weighted by atomic mass is 35.5. The van der Waals surface area contributed by atoms with E-state index in [0.717, 1.165) is 5.56 Å². The van der Waals surface area contributed by atoms with Gasteiger partial charge in [-0.15, -0.1) is 11.6 Å². The van der Waals surface area contributed by atoms with Crippen LogP contribution in [-0.4, -0.2) is 9.55 Å². The van der Waals surface area contributed by atoms with Crippen molar-refractivity contribution in [2.45, 2.75) is 12.8 Å². The first kappa shape index (κ1) is 14.3. The second-order valence-corrected chi connectivity index (χ2v) is 5.33. The fraction of sp³-hybridized carbons (Fsp3) is 0.133. The van der Waals surface area contributed by atoms with Crippen LogP contribution >= 0.6 is 23.2 Å². The molecule has 21 heavy (non-hydrogen) atoms. The summed E-state index contributed by atoms with van der Waals surface area (Å²) < 4.78 is 29.4. The third-order valence-corrected chi connectivity index (χ3v) is 3.83. The second kappa shape index (κ2) is 5.28. The number of hydrogen-bond donors (Lipinski definition) is 0. The number of alkyl halides is 1. The van der Waals surface area contributed by atoms with Crippen LogP contribution < -0.4 is 0 Å². The van der Waals surface area contributed by atoms with Crippen molar-refractivity contribution in [3.8, 4) is 5.69 Å². The van der Waals surface area contributed by atoms with Crippen molar-refractivity contribution in [2.75, 3.05) is 0 Å². The number of hydrogen-bond acceptors (Lipinski definition) is 1. The third kappa shape index (κ3) is 2.28. The number of rotatable bonds is 2. The molecule has 3 rings (SSSR count). The van der Waals surface area contributed by atoms with Crippen LogP contribution in [0.15, 0.2) is 30.3 Å². The number of para-hydroxylation sites is 1.